The number of para-hydroxylation sites is 2. The molecule has 10 heteroatoms. The van der Waals surface area contributed by atoms with E-state index in [1.54, 1.807) is 7.11 Å². The summed E-state index contributed by atoms with van der Waals surface area (Å²) in [5.74, 6) is 1.75. The van der Waals surface area contributed by atoms with Crippen molar-refractivity contribution in [2.24, 2.45) is 0 Å². The number of anilines is 1. The van der Waals surface area contributed by atoms with Crippen LogP contribution < -0.4 is 9.64 Å². The van der Waals surface area contributed by atoms with Crippen molar-refractivity contribution in [3.8, 4) is 5.75 Å². The first-order valence-corrected chi connectivity index (χ1v) is 11.9. The first-order chi connectivity index (χ1) is 16.2. The van der Waals surface area contributed by atoms with E-state index in [2.05, 4.69) is 49.6 Å². The highest BCUT2D eigenvalue weighted by Crippen LogP contribution is 2.33. The molecule has 2 saturated heterocycles. The SMILES string of the molecule is COc1ccccc1N1CCN(C(c2ccc(Cl)cc2)c2nnnn2CC2CCCO2)CC1.Cl. The van der Waals surface area contributed by atoms with Crippen molar-refractivity contribution < 1.29 is 9.47 Å². The summed E-state index contributed by atoms with van der Waals surface area (Å²) < 4.78 is 13.3. The highest BCUT2D eigenvalue weighted by molar-refractivity contribution is 6.30. The number of aromatic nitrogens is 4. The number of piperazine rings is 1. The van der Waals surface area contributed by atoms with Crippen LogP contribution in [-0.2, 0) is 11.3 Å². The first-order valence-electron chi connectivity index (χ1n) is 11.5. The lowest BCUT2D eigenvalue weighted by Crippen LogP contribution is -2.48. The van der Waals surface area contributed by atoms with E-state index >= 15 is 0 Å². The summed E-state index contributed by atoms with van der Waals surface area (Å²) in [6.45, 7) is 5.01. The molecule has 0 aliphatic carbocycles. The molecule has 0 N–H and O–H groups in total. The number of hydrogen-bond donors (Lipinski definition) is 0. The zero-order chi connectivity index (χ0) is 22.6. The van der Waals surface area contributed by atoms with E-state index < -0.39 is 0 Å². The zero-order valence-corrected chi connectivity index (χ0v) is 20.8. The normalized spacial score (nSPS) is 19.6. The van der Waals surface area contributed by atoms with E-state index in [9.17, 15) is 0 Å². The van der Waals surface area contributed by atoms with Crippen molar-refractivity contribution in [3.63, 3.8) is 0 Å². The van der Waals surface area contributed by atoms with E-state index in [0.29, 0.717) is 6.54 Å². The molecule has 0 saturated carbocycles. The molecule has 0 bridgehead atoms. The zero-order valence-electron chi connectivity index (χ0n) is 19.2. The molecule has 3 aromatic rings. The molecule has 2 atom stereocenters. The Morgan fingerprint density at radius 3 is 2.56 bits per heavy atom. The van der Waals surface area contributed by atoms with Crippen molar-refractivity contribution in [1.29, 1.82) is 0 Å². The lowest BCUT2D eigenvalue weighted by molar-refractivity contribution is 0.0906. The molecule has 2 fully saturated rings. The van der Waals surface area contributed by atoms with Gasteiger partial charge in [0.2, 0.25) is 0 Å². The number of rotatable bonds is 7. The fraction of sp³-hybridized carbons (Fsp3) is 0.458. The molecule has 1 aromatic heterocycles. The number of hydrogen-bond acceptors (Lipinski definition) is 7. The fourth-order valence-corrected chi connectivity index (χ4v) is 4.92. The smallest absolute Gasteiger partial charge is 0.173 e. The van der Waals surface area contributed by atoms with Crippen LogP contribution in [-0.4, -0.2) is 71.1 Å². The van der Waals surface area contributed by atoms with Gasteiger partial charge >= 0.3 is 0 Å². The highest BCUT2D eigenvalue weighted by atomic mass is 35.5. The van der Waals surface area contributed by atoms with Gasteiger partial charge in [-0.15, -0.1) is 17.5 Å². The summed E-state index contributed by atoms with van der Waals surface area (Å²) in [4.78, 5) is 4.83. The van der Waals surface area contributed by atoms with Gasteiger partial charge in [-0.05, 0) is 53.1 Å². The Morgan fingerprint density at radius 2 is 1.85 bits per heavy atom. The molecule has 0 radical (unpaired) electrons. The van der Waals surface area contributed by atoms with Gasteiger partial charge in [-0.1, -0.05) is 35.9 Å². The van der Waals surface area contributed by atoms with Crippen molar-refractivity contribution in [1.82, 2.24) is 25.1 Å². The van der Waals surface area contributed by atoms with Crippen LogP contribution in [0.25, 0.3) is 0 Å². The molecule has 34 heavy (non-hydrogen) atoms. The minimum absolute atomic E-state index is 0. The number of methoxy groups -OCH3 is 1. The second-order valence-corrected chi connectivity index (χ2v) is 8.94. The Morgan fingerprint density at radius 1 is 1.09 bits per heavy atom. The van der Waals surface area contributed by atoms with Gasteiger partial charge in [-0.25, -0.2) is 4.68 Å². The molecule has 8 nitrogen and oxygen atoms in total. The highest BCUT2D eigenvalue weighted by Gasteiger charge is 2.32. The Kier molecular flexibility index (Phi) is 8.26. The predicted molar refractivity (Wildman–Crippen MR) is 134 cm³/mol. The Hall–Kier alpha value is -2.39. The van der Waals surface area contributed by atoms with Gasteiger partial charge in [-0.3, -0.25) is 4.90 Å². The van der Waals surface area contributed by atoms with Gasteiger partial charge < -0.3 is 14.4 Å². The second-order valence-electron chi connectivity index (χ2n) is 8.50. The van der Waals surface area contributed by atoms with E-state index in [1.165, 1.54) is 0 Å². The molecule has 182 valence electrons. The van der Waals surface area contributed by atoms with Gasteiger partial charge in [0.05, 0.1) is 31.5 Å². The molecular formula is C24H30Cl2N6O2. The van der Waals surface area contributed by atoms with E-state index in [0.717, 1.165) is 73.5 Å². The van der Waals surface area contributed by atoms with Gasteiger partial charge in [0.15, 0.2) is 5.82 Å². The fourth-order valence-electron chi connectivity index (χ4n) is 4.80. The van der Waals surface area contributed by atoms with E-state index in [1.807, 2.05) is 28.9 Å². The van der Waals surface area contributed by atoms with Gasteiger partial charge in [0.25, 0.3) is 0 Å². The third kappa shape index (κ3) is 5.30. The van der Waals surface area contributed by atoms with Crippen molar-refractivity contribution in [3.05, 3.63) is 64.9 Å². The van der Waals surface area contributed by atoms with E-state index in [4.69, 9.17) is 21.1 Å². The average Bonchev–Trinajstić information content (AvgIpc) is 3.54. The summed E-state index contributed by atoms with van der Waals surface area (Å²) >= 11 is 6.19. The van der Waals surface area contributed by atoms with Gasteiger partial charge in [0.1, 0.15) is 5.75 Å². The van der Waals surface area contributed by atoms with E-state index in [-0.39, 0.29) is 24.6 Å². The van der Waals surface area contributed by atoms with Crippen LogP contribution >= 0.6 is 24.0 Å². The number of nitrogens with zero attached hydrogens (tertiary/aromatic N) is 6. The second kappa shape index (κ2) is 11.4. The standard InChI is InChI=1S/C24H29ClN6O2.ClH/c1-32-22-7-3-2-6-21(22)29-12-14-30(15-13-29)23(18-8-10-19(25)11-9-18)24-26-27-28-31(24)17-20-5-4-16-33-20;/h2-3,6-11,20,23H,4-5,12-17H2,1H3;1H. The minimum atomic E-state index is -0.0570. The number of tetrazole rings is 1. The molecule has 2 unspecified atom stereocenters. The van der Waals surface area contributed by atoms with Crippen LogP contribution in [0.3, 0.4) is 0 Å². The van der Waals surface area contributed by atoms with Crippen LogP contribution in [0.5, 0.6) is 5.75 Å². The summed E-state index contributed by atoms with van der Waals surface area (Å²) in [5, 5.41) is 13.6. The van der Waals surface area contributed by atoms with Crippen molar-refractivity contribution in [2.45, 2.75) is 31.5 Å². The quantitative estimate of drug-likeness (QED) is 0.483. The third-order valence-electron chi connectivity index (χ3n) is 6.50. The van der Waals surface area contributed by atoms with Crippen LogP contribution in [0.4, 0.5) is 5.69 Å². The molecule has 0 spiro atoms. The summed E-state index contributed by atoms with van der Waals surface area (Å²) in [6.07, 6.45) is 2.30. The summed E-state index contributed by atoms with van der Waals surface area (Å²) in [7, 11) is 1.72. The van der Waals surface area contributed by atoms with Crippen molar-refractivity contribution >= 4 is 29.7 Å². The maximum atomic E-state index is 6.19. The van der Waals surface area contributed by atoms with Crippen LogP contribution in [0.2, 0.25) is 5.02 Å². The Labute approximate surface area is 211 Å². The lowest BCUT2D eigenvalue weighted by Gasteiger charge is -2.40. The topological polar surface area (TPSA) is 68.5 Å². The summed E-state index contributed by atoms with van der Waals surface area (Å²) in [5.41, 5.74) is 2.26. The molecule has 3 heterocycles. The average molecular weight is 505 g/mol. The van der Waals surface area contributed by atoms with Crippen LogP contribution in [0.15, 0.2) is 48.5 Å². The molecule has 0 amide bonds. The van der Waals surface area contributed by atoms with Crippen LogP contribution in [0, 0.1) is 0 Å². The monoisotopic (exact) mass is 504 g/mol. The van der Waals surface area contributed by atoms with Gasteiger partial charge in [-0.2, -0.15) is 0 Å². The minimum Gasteiger partial charge on any atom is -0.495 e. The molecular weight excluding hydrogens is 475 g/mol. The maximum Gasteiger partial charge on any atom is 0.173 e. The number of benzene rings is 2. The number of halogens is 2. The predicted octanol–water partition coefficient (Wildman–Crippen LogP) is 3.85. The maximum absolute atomic E-state index is 6.19. The summed E-state index contributed by atoms with van der Waals surface area (Å²) in [6, 6.07) is 16.1. The molecule has 2 aromatic carbocycles. The van der Waals surface area contributed by atoms with Gasteiger partial charge in [0, 0.05) is 37.8 Å². The molecule has 2 aliphatic heterocycles. The Bertz CT molecular complexity index is 1050. The molecule has 5 rings (SSSR count). The Balaban J connectivity index is 0.00000274. The largest absolute Gasteiger partial charge is 0.495 e. The first kappa shape index (κ1) is 24.7. The van der Waals surface area contributed by atoms with Crippen LogP contribution in [0.1, 0.15) is 30.3 Å². The molecule has 2 aliphatic rings. The number of ether oxygens (including phenoxy) is 2. The lowest BCUT2D eigenvalue weighted by atomic mass is 10.0. The third-order valence-corrected chi connectivity index (χ3v) is 6.75. The van der Waals surface area contributed by atoms with Crippen molar-refractivity contribution in [2.75, 3.05) is 44.8 Å².